The molecule has 9 heteroatoms. The van der Waals surface area contributed by atoms with Crippen molar-refractivity contribution in [3.63, 3.8) is 0 Å². The van der Waals surface area contributed by atoms with E-state index < -0.39 is 16.7 Å². The van der Waals surface area contributed by atoms with Crippen LogP contribution < -0.4 is 10.9 Å². The van der Waals surface area contributed by atoms with Gasteiger partial charge in [0.2, 0.25) is 0 Å². The highest BCUT2D eigenvalue weighted by atomic mass is 16.6. The van der Waals surface area contributed by atoms with Gasteiger partial charge in [-0.1, -0.05) is 0 Å². The number of nitro groups is 1. The Balaban J connectivity index is 2.02. The number of furan rings is 1. The number of hydrogen-bond donors (Lipinski definition) is 2. The lowest BCUT2D eigenvalue weighted by molar-refractivity contribution is -0.384. The molecule has 0 fully saturated rings. The lowest BCUT2D eigenvalue weighted by Crippen LogP contribution is -2.42. The van der Waals surface area contributed by atoms with Gasteiger partial charge in [-0.15, -0.1) is 0 Å². The lowest BCUT2D eigenvalue weighted by atomic mass is 10.4. The zero-order valence-corrected chi connectivity index (χ0v) is 11.2. The molecule has 2 N–H and O–H groups in total. The summed E-state index contributed by atoms with van der Waals surface area (Å²) < 4.78 is 6.37. The Kier molecular flexibility index (Phi) is 3.74. The first kappa shape index (κ1) is 14.3. The number of hydrazine groups is 1. The van der Waals surface area contributed by atoms with Crippen LogP contribution in [0.15, 0.2) is 28.8 Å². The normalized spacial score (nSPS) is 10.2. The minimum absolute atomic E-state index is 0.0395. The average Bonchev–Trinajstić information content (AvgIpc) is 3.02. The quantitative estimate of drug-likeness (QED) is 0.643. The molecule has 21 heavy (non-hydrogen) atoms. The van der Waals surface area contributed by atoms with E-state index in [2.05, 4.69) is 10.9 Å². The van der Waals surface area contributed by atoms with Crippen LogP contribution in [0.3, 0.4) is 0 Å². The van der Waals surface area contributed by atoms with Gasteiger partial charge in [0.15, 0.2) is 5.76 Å². The third kappa shape index (κ3) is 3.08. The first-order valence-electron chi connectivity index (χ1n) is 5.86. The summed E-state index contributed by atoms with van der Waals surface area (Å²) in [5.74, 6) is -0.697. The smallest absolute Gasteiger partial charge is 0.305 e. The van der Waals surface area contributed by atoms with Crippen molar-refractivity contribution in [3.8, 4) is 0 Å². The summed E-state index contributed by atoms with van der Waals surface area (Å²) >= 11 is 0. The number of carbonyl (C=O) groups is 2. The number of nitrogens with one attached hydrogen (secondary N) is 2. The topological polar surface area (TPSA) is 119 Å². The molecule has 0 unspecified atom stereocenters. The predicted octanol–water partition coefficient (Wildman–Crippen LogP) is 0.910. The second kappa shape index (κ2) is 5.49. The van der Waals surface area contributed by atoms with Crippen LogP contribution >= 0.6 is 0 Å². The highest BCUT2D eigenvalue weighted by Crippen LogP contribution is 2.14. The van der Waals surface area contributed by atoms with E-state index in [4.69, 9.17) is 4.42 Å². The van der Waals surface area contributed by atoms with Crippen molar-refractivity contribution in [2.45, 2.75) is 6.92 Å². The molecular formula is C12H12N4O5. The third-order valence-corrected chi connectivity index (χ3v) is 2.69. The van der Waals surface area contributed by atoms with Gasteiger partial charge in [0.25, 0.3) is 11.6 Å². The maximum atomic E-state index is 11.8. The minimum Gasteiger partial charge on any atom is -0.456 e. The van der Waals surface area contributed by atoms with E-state index in [1.54, 1.807) is 13.0 Å². The van der Waals surface area contributed by atoms with E-state index in [0.29, 0.717) is 5.76 Å². The molecule has 2 amide bonds. The van der Waals surface area contributed by atoms with Gasteiger partial charge >= 0.3 is 5.91 Å². The lowest BCUT2D eigenvalue weighted by Gasteiger charge is -2.06. The van der Waals surface area contributed by atoms with Crippen LogP contribution in [0.2, 0.25) is 0 Å². The largest absolute Gasteiger partial charge is 0.456 e. The second-order valence-electron chi connectivity index (χ2n) is 4.27. The molecule has 0 aliphatic carbocycles. The summed E-state index contributed by atoms with van der Waals surface area (Å²) in [4.78, 5) is 33.5. The van der Waals surface area contributed by atoms with Gasteiger partial charge in [0.05, 0.1) is 11.1 Å². The third-order valence-electron chi connectivity index (χ3n) is 2.69. The molecule has 0 atom stereocenters. The van der Waals surface area contributed by atoms with Crippen LogP contribution in [0.5, 0.6) is 0 Å². The monoisotopic (exact) mass is 292 g/mol. The zero-order valence-electron chi connectivity index (χ0n) is 11.2. The molecule has 0 aliphatic rings. The summed E-state index contributed by atoms with van der Waals surface area (Å²) in [6.45, 7) is 1.68. The van der Waals surface area contributed by atoms with Gasteiger partial charge in [-0.05, 0) is 19.1 Å². The van der Waals surface area contributed by atoms with Crippen molar-refractivity contribution >= 4 is 17.5 Å². The Labute approximate surface area is 118 Å². The fourth-order valence-corrected chi connectivity index (χ4v) is 1.67. The standard InChI is InChI=1S/C12H12N4O5/c1-7-3-4-10(21-7)12(18)14-13-11(17)9-5-8(16(19)20)6-15(9)2/h3-6H,1-2H3,(H,13,17)(H,14,18). The van der Waals surface area contributed by atoms with Crippen molar-refractivity contribution in [1.82, 2.24) is 15.4 Å². The second-order valence-corrected chi connectivity index (χ2v) is 4.27. The summed E-state index contributed by atoms with van der Waals surface area (Å²) in [5, 5.41) is 10.6. The first-order valence-corrected chi connectivity index (χ1v) is 5.86. The van der Waals surface area contributed by atoms with Crippen LogP contribution in [-0.2, 0) is 7.05 Å². The molecule has 0 radical (unpaired) electrons. The van der Waals surface area contributed by atoms with Crippen LogP contribution in [-0.4, -0.2) is 21.3 Å². The van der Waals surface area contributed by atoms with Crippen molar-refractivity contribution in [2.75, 3.05) is 0 Å². The highest BCUT2D eigenvalue weighted by molar-refractivity contribution is 5.97. The highest BCUT2D eigenvalue weighted by Gasteiger charge is 2.18. The van der Waals surface area contributed by atoms with Gasteiger partial charge in [0.1, 0.15) is 11.5 Å². The van der Waals surface area contributed by atoms with E-state index in [-0.39, 0.29) is 17.1 Å². The molecule has 2 aromatic rings. The molecule has 2 rings (SSSR count). The molecule has 2 aromatic heterocycles. The average molecular weight is 292 g/mol. The van der Waals surface area contributed by atoms with Gasteiger partial charge in [-0.2, -0.15) is 0 Å². The molecule has 0 saturated carbocycles. The number of nitrogens with zero attached hydrogens (tertiary/aromatic N) is 2. The van der Waals surface area contributed by atoms with Crippen molar-refractivity contribution in [2.24, 2.45) is 7.05 Å². The zero-order chi connectivity index (χ0) is 15.6. The van der Waals surface area contributed by atoms with E-state index in [9.17, 15) is 19.7 Å². The molecular weight excluding hydrogens is 280 g/mol. The van der Waals surface area contributed by atoms with E-state index in [1.165, 1.54) is 23.9 Å². The van der Waals surface area contributed by atoms with Gasteiger partial charge in [0, 0.05) is 13.1 Å². The van der Waals surface area contributed by atoms with Crippen LogP contribution in [0, 0.1) is 17.0 Å². The van der Waals surface area contributed by atoms with Crippen molar-refractivity contribution < 1.29 is 18.9 Å². The number of hydrogen-bond acceptors (Lipinski definition) is 5. The molecule has 0 aromatic carbocycles. The van der Waals surface area contributed by atoms with Crippen LogP contribution in [0.25, 0.3) is 0 Å². The molecule has 0 bridgehead atoms. The van der Waals surface area contributed by atoms with E-state index in [0.717, 1.165) is 6.07 Å². The van der Waals surface area contributed by atoms with Crippen molar-refractivity contribution in [3.05, 3.63) is 51.7 Å². The maximum absolute atomic E-state index is 11.8. The molecule has 2 heterocycles. The number of aromatic nitrogens is 1. The number of carbonyl (C=O) groups excluding carboxylic acids is 2. The van der Waals surface area contributed by atoms with E-state index >= 15 is 0 Å². The fourth-order valence-electron chi connectivity index (χ4n) is 1.67. The molecule has 9 nitrogen and oxygen atoms in total. The van der Waals surface area contributed by atoms with Crippen LogP contribution in [0.1, 0.15) is 26.8 Å². The van der Waals surface area contributed by atoms with Gasteiger partial charge in [-0.3, -0.25) is 30.6 Å². The summed E-state index contributed by atoms with van der Waals surface area (Å²) in [7, 11) is 1.49. The molecule has 110 valence electrons. The van der Waals surface area contributed by atoms with Crippen LogP contribution in [0.4, 0.5) is 5.69 Å². The van der Waals surface area contributed by atoms with Gasteiger partial charge in [-0.25, -0.2) is 0 Å². The van der Waals surface area contributed by atoms with Crippen molar-refractivity contribution in [1.29, 1.82) is 0 Å². The maximum Gasteiger partial charge on any atom is 0.305 e. The molecule has 0 aliphatic heterocycles. The number of amides is 2. The SMILES string of the molecule is Cc1ccc(C(=O)NNC(=O)c2cc([N+](=O)[O-])cn2C)o1. The Hall–Kier alpha value is -3.10. The minimum atomic E-state index is -0.678. The summed E-state index contributed by atoms with van der Waals surface area (Å²) in [6, 6.07) is 4.18. The summed E-state index contributed by atoms with van der Waals surface area (Å²) in [5.41, 5.74) is 4.15. The Morgan fingerprint density at radius 2 is 1.95 bits per heavy atom. The fraction of sp³-hybridized carbons (Fsp3) is 0.167. The van der Waals surface area contributed by atoms with Gasteiger partial charge < -0.3 is 8.98 Å². The molecule has 0 saturated heterocycles. The number of aryl methyl sites for hydroxylation is 2. The summed E-state index contributed by atoms with van der Waals surface area (Å²) in [6.07, 6.45) is 1.20. The number of rotatable bonds is 3. The predicted molar refractivity (Wildman–Crippen MR) is 70.4 cm³/mol. The molecule has 0 spiro atoms. The Morgan fingerprint density at radius 3 is 2.48 bits per heavy atom. The Bertz CT molecular complexity index is 715. The van der Waals surface area contributed by atoms with E-state index in [1.807, 2.05) is 0 Å². The Morgan fingerprint density at radius 1 is 1.29 bits per heavy atom. The first-order chi connectivity index (χ1) is 9.88.